The molecule has 0 heterocycles. The molecule has 1 aromatic rings. The van der Waals surface area contributed by atoms with Crippen LogP contribution in [0.5, 0.6) is 5.75 Å². The minimum absolute atomic E-state index is 0. The zero-order valence-electron chi connectivity index (χ0n) is 16.0. The number of ether oxygens (including phenoxy) is 1. The molecule has 0 saturated carbocycles. The van der Waals surface area contributed by atoms with Crippen molar-refractivity contribution in [1.29, 1.82) is 0 Å². The lowest BCUT2D eigenvalue weighted by Gasteiger charge is -2.21. The number of aryl methyl sites for hydroxylation is 1. The Morgan fingerprint density at radius 3 is 2.44 bits per heavy atom. The lowest BCUT2D eigenvalue weighted by molar-refractivity contribution is -0.121. The number of amides is 1. The monoisotopic (exact) mass is 462 g/mol. The molecule has 0 radical (unpaired) electrons. The van der Waals surface area contributed by atoms with E-state index in [2.05, 4.69) is 20.9 Å². The van der Waals surface area contributed by atoms with E-state index < -0.39 is 0 Å². The van der Waals surface area contributed by atoms with E-state index in [9.17, 15) is 4.79 Å². The van der Waals surface area contributed by atoms with Crippen LogP contribution in [0.1, 0.15) is 33.3 Å². The average Bonchev–Trinajstić information content (AvgIpc) is 2.48. The average molecular weight is 462 g/mol. The number of aliphatic imine (C=N–C) groups is 1. The molecule has 1 atom stereocenters. The first kappa shape index (κ1) is 23.5. The Balaban J connectivity index is 0.00000576. The number of nitrogens with one attached hydrogen (secondary N) is 3. The Labute approximate surface area is 168 Å². The molecule has 0 aliphatic heterocycles. The van der Waals surface area contributed by atoms with Gasteiger partial charge in [-0.3, -0.25) is 9.79 Å². The Hall–Kier alpha value is -1.51. The normalized spacial score (nSPS) is 12.6. The maximum atomic E-state index is 11.8. The van der Waals surface area contributed by atoms with E-state index >= 15 is 0 Å². The molecule has 0 aromatic heterocycles. The van der Waals surface area contributed by atoms with Crippen molar-refractivity contribution in [2.45, 2.75) is 46.3 Å². The Bertz CT molecular complexity index is 570. The molecule has 25 heavy (non-hydrogen) atoms. The summed E-state index contributed by atoms with van der Waals surface area (Å²) in [6, 6.07) is 7.91. The highest BCUT2D eigenvalue weighted by molar-refractivity contribution is 14.0. The van der Waals surface area contributed by atoms with Gasteiger partial charge in [0.25, 0.3) is 0 Å². The van der Waals surface area contributed by atoms with Gasteiger partial charge in [-0.05, 0) is 46.2 Å². The number of rotatable bonds is 6. The molecule has 142 valence electrons. The van der Waals surface area contributed by atoms with Crippen molar-refractivity contribution in [3.05, 3.63) is 29.8 Å². The van der Waals surface area contributed by atoms with Crippen LogP contribution in [0, 0.1) is 6.92 Å². The number of carbonyl (C=O) groups is 1. The van der Waals surface area contributed by atoms with Crippen LogP contribution in [-0.4, -0.2) is 43.6 Å². The van der Waals surface area contributed by atoms with Gasteiger partial charge >= 0.3 is 0 Å². The van der Waals surface area contributed by atoms with Gasteiger partial charge in [0.1, 0.15) is 11.9 Å². The minimum atomic E-state index is -0.244. The van der Waals surface area contributed by atoms with E-state index in [1.165, 1.54) is 0 Å². The van der Waals surface area contributed by atoms with Crippen molar-refractivity contribution < 1.29 is 9.53 Å². The van der Waals surface area contributed by atoms with Crippen molar-refractivity contribution in [1.82, 2.24) is 16.0 Å². The standard InChI is InChI=1S/C18H30N4O2.HI/c1-13-9-7-8-10-15(13)24-14(2)11-20-17(19-6)21-12-16(23)22-18(3,4)5;/h7-10,14H,11-12H2,1-6H3,(H,22,23)(H2,19,20,21);1H. The van der Waals surface area contributed by atoms with Gasteiger partial charge < -0.3 is 20.7 Å². The minimum Gasteiger partial charge on any atom is -0.489 e. The van der Waals surface area contributed by atoms with E-state index in [1.54, 1.807) is 7.05 Å². The molecule has 1 unspecified atom stereocenters. The lowest BCUT2D eigenvalue weighted by Crippen LogP contribution is -2.49. The summed E-state index contributed by atoms with van der Waals surface area (Å²) in [6.45, 7) is 10.6. The third-order valence-corrected chi connectivity index (χ3v) is 3.13. The highest BCUT2D eigenvalue weighted by Gasteiger charge is 2.14. The number of guanidine groups is 1. The Kier molecular flexibility index (Phi) is 10.5. The number of nitrogens with zero attached hydrogens (tertiary/aromatic N) is 1. The predicted octanol–water partition coefficient (Wildman–Crippen LogP) is 2.46. The zero-order chi connectivity index (χ0) is 18.2. The third kappa shape index (κ3) is 10.2. The van der Waals surface area contributed by atoms with Gasteiger partial charge in [-0.15, -0.1) is 24.0 Å². The van der Waals surface area contributed by atoms with Gasteiger partial charge in [0.15, 0.2) is 5.96 Å². The van der Waals surface area contributed by atoms with Crippen LogP contribution in [0.4, 0.5) is 0 Å². The summed E-state index contributed by atoms with van der Waals surface area (Å²) in [6.07, 6.45) is -0.0342. The van der Waals surface area contributed by atoms with Gasteiger partial charge in [-0.1, -0.05) is 18.2 Å². The number of hydrogen-bond acceptors (Lipinski definition) is 3. The largest absolute Gasteiger partial charge is 0.489 e. The summed E-state index contributed by atoms with van der Waals surface area (Å²) >= 11 is 0. The summed E-state index contributed by atoms with van der Waals surface area (Å²) in [5, 5.41) is 9.05. The maximum Gasteiger partial charge on any atom is 0.239 e. The number of para-hydroxylation sites is 1. The molecule has 0 aliphatic rings. The first-order valence-corrected chi connectivity index (χ1v) is 8.19. The molecular weight excluding hydrogens is 431 g/mol. The summed E-state index contributed by atoms with van der Waals surface area (Å²) in [4.78, 5) is 15.9. The van der Waals surface area contributed by atoms with Crippen molar-refractivity contribution in [2.75, 3.05) is 20.1 Å². The Morgan fingerprint density at radius 1 is 1.24 bits per heavy atom. The van der Waals surface area contributed by atoms with E-state index in [1.807, 2.05) is 58.9 Å². The van der Waals surface area contributed by atoms with Crippen LogP contribution < -0.4 is 20.7 Å². The first-order valence-electron chi connectivity index (χ1n) is 8.19. The van der Waals surface area contributed by atoms with Crippen LogP contribution >= 0.6 is 24.0 Å². The number of benzene rings is 1. The molecule has 1 aromatic carbocycles. The van der Waals surface area contributed by atoms with Crippen LogP contribution in [0.25, 0.3) is 0 Å². The topological polar surface area (TPSA) is 74.8 Å². The lowest BCUT2D eigenvalue weighted by atomic mass is 10.1. The molecule has 7 heteroatoms. The van der Waals surface area contributed by atoms with E-state index in [4.69, 9.17) is 4.74 Å². The fourth-order valence-corrected chi connectivity index (χ4v) is 2.03. The van der Waals surface area contributed by atoms with Crippen molar-refractivity contribution >= 4 is 35.8 Å². The van der Waals surface area contributed by atoms with Crippen LogP contribution in [0.15, 0.2) is 29.3 Å². The van der Waals surface area contributed by atoms with E-state index in [0.717, 1.165) is 11.3 Å². The number of hydrogen-bond donors (Lipinski definition) is 3. The fraction of sp³-hybridized carbons (Fsp3) is 0.556. The molecule has 3 N–H and O–H groups in total. The highest BCUT2D eigenvalue weighted by Crippen LogP contribution is 2.17. The van der Waals surface area contributed by atoms with Gasteiger partial charge in [0.2, 0.25) is 5.91 Å². The summed E-state index contributed by atoms with van der Waals surface area (Å²) in [5.41, 5.74) is 0.858. The van der Waals surface area contributed by atoms with E-state index in [-0.39, 0.29) is 48.1 Å². The number of carbonyl (C=O) groups excluding carboxylic acids is 1. The van der Waals surface area contributed by atoms with E-state index in [0.29, 0.717) is 12.5 Å². The summed E-state index contributed by atoms with van der Waals surface area (Å²) in [5.74, 6) is 1.37. The Morgan fingerprint density at radius 2 is 1.88 bits per heavy atom. The SMILES string of the molecule is CN=C(NCC(=O)NC(C)(C)C)NCC(C)Oc1ccccc1C.I. The quantitative estimate of drug-likeness (QED) is 0.345. The van der Waals surface area contributed by atoms with Crippen LogP contribution in [0.2, 0.25) is 0 Å². The summed E-state index contributed by atoms with van der Waals surface area (Å²) < 4.78 is 5.91. The third-order valence-electron chi connectivity index (χ3n) is 3.13. The van der Waals surface area contributed by atoms with Crippen LogP contribution in [-0.2, 0) is 4.79 Å². The van der Waals surface area contributed by atoms with Gasteiger partial charge in [-0.25, -0.2) is 0 Å². The zero-order valence-corrected chi connectivity index (χ0v) is 18.3. The molecule has 0 spiro atoms. The number of halogens is 1. The molecule has 0 bridgehead atoms. The van der Waals surface area contributed by atoms with Crippen molar-refractivity contribution in [2.24, 2.45) is 4.99 Å². The molecule has 6 nitrogen and oxygen atoms in total. The molecule has 1 rings (SSSR count). The molecule has 0 fully saturated rings. The van der Waals surface area contributed by atoms with Crippen molar-refractivity contribution in [3.63, 3.8) is 0 Å². The van der Waals surface area contributed by atoms with Gasteiger partial charge in [0.05, 0.1) is 13.1 Å². The second kappa shape index (κ2) is 11.2. The second-order valence-corrected chi connectivity index (χ2v) is 6.80. The first-order chi connectivity index (χ1) is 11.2. The maximum absolute atomic E-state index is 11.8. The molecule has 1 amide bonds. The van der Waals surface area contributed by atoms with Crippen LogP contribution in [0.3, 0.4) is 0 Å². The van der Waals surface area contributed by atoms with Gasteiger partial charge in [-0.2, -0.15) is 0 Å². The highest BCUT2D eigenvalue weighted by atomic mass is 127. The molecule has 0 saturated heterocycles. The molecule has 0 aliphatic carbocycles. The smallest absolute Gasteiger partial charge is 0.239 e. The summed E-state index contributed by atoms with van der Waals surface area (Å²) in [7, 11) is 1.67. The fourth-order valence-electron chi connectivity index (χ4n) is 2.03. The van der Waals surface area contributed by atoms with Crippen molar-refractivity contribution in [3.8, 4) is 5.75 Å². The van der Waals surface area contributed by atoms with Gasteiger partial charge in [0, 0.05) is 12.6 Å². The molecular formula is C18H31IN4O2. The second-order valence-electron chi connectivity index (χ2n) is 6.80. The predicted molar refractivity (Wildman–Crippen MR) is 114 cm³/mol.